The Morgan fingerprint density at radius 3 is 2.52 bits per heavy atom. The van der Waals surface area contributed by atoms with E-state index >= 15 is 0 Å². The van der Waals surface area contributed by atoms with Crippen molar-refractivity contribution >= 4 is 29.4 Å². The number of hydrogen-bond donors (Lipinski definition) is 2. The van der Waals surface area contributed by atoms with E-state index in [0.717, 1.165) is 4.90 Å². The highest BCUT2D eigenvalue weighted by Gasteiger charge is 2.50. The Balaban J connectivity index is 1.67. The van der Waals surface area contributed by atoms with Gasteiger partial charge in [-0.15, -0.1) is 0 Å². The van der Waals surface area contributed by atoms with Crippen molar-refractivity contribution in [3.63, 3.8) is 0 Å². The molecular weight excluding hydrogens is 373 g/mol. The average molecular weight is 390 g/mol. The van der Waals surface area contributed by atoms with E-state index in [1.165, 1.54) is 24.3 Å². The number of rotatable bonds is 5. The van der Waals surface area contributed by atoms with Gasteiger partial charge in [-0.25, -0.2) is 9.18 Å². The van der Waals surface area contributed by atoms with E-state index in [1.54, 1.807) is 31.2 Å². The molecule has 2 aromatic rings. The van der Waals surface area contributed by atoms with E-state index in [2.05, 4.69) is 10.6 Å². The summed E-state index contributed by atoms with van der Waals surface area (Å²) in [6, 6.07) is 11.7. The topological polar surface area (TPSA) is 78.5 Å². The van der Waals surface area contributed by atoms with Crippen molar-refractivity contribution in [3.8, 4) is 0 Å². The van der Waals surface area contributed by atoms with Crippen LogP contribution in [0.25, 0.3) is 0 Å². The Kier molecular flexibility index (Phi) is 5.14. The fourth-order valence-electron chi connectivity index (χ4n) is 2.89. The smallest absolute Gasteiger partial charge is 0.325 e. The minimum Gasteiger partial charge on any atom is -0.350 e. The summed E-state index contributed by atoms with van der Waals surface area (Å²) >= 11 is 6.16. The minimum absolute atomic E-state index is 0.157. The fourth-order valence-corrected chi connectivity index (χ4v) is 3.22. The highest BCUT2D eigenvalue weighted by molar-refractivity contribution is 6.32. The lowest BCUT2D eigenvalue weighted by Gasteiger charge is -2.23. The quantitative estimate of drug-likeness (QED) is 0.771. The number of carbonyl (C=O) groups excluding carboxylic acids is 3. The normalized spacial score (nSPS) is 19.1. The fraction of sp³-hybridized carbons (Fsp3) is 0.211. The first-order chi connectivity index (χ1) is 12.8. The molecule has 1 aliphatic heterocycles. The molecule has 6 nitrogen and oxygen atoms in total. The van der Waals surface area contributed by atoms with Crippen LogP contribution in [0.2, 0.25) is 5.02 Å². The molecule has 27 heavy (non-hydrogen) atoms. The number of nitrogens with zero attached hydrogens (tertiary/aromatic N) is 1. The number of benzene rings is 2. The van der Waals surface area contributed by atoms with Crippen molar-refractivity contribution in [2.75, 3.05) is 6.54 Å². The average Bonchev–Trinajstić information content (AvgIpc) is 2.85. The zero-order valence-corrected chi connectivity index (χ0v) is 15.2. The molecule has 1 fully saturated rings. The maximum atomic E-state index is 12.9. The summed E-state index contributed by atoms with van der Waals surface area (Å²) in [5.41, 5.74) is -0.186. The molecule has 0 aliphatic carbocycles. The Morgan fingerprint density at radius 2 is 1.85 bits per heavy atom. The van der Waals surface area contributed by atoms with Crippen molar-refractivity contribution in [3.05, 3.63) is 70.5 Å². The second-order valence-corrected chi connectivity index (χ2v) is 6.74. The van der Waals surface area contributed by atoms with Gasteiger partial charge in [-0.2, -0.15) is 0 Å². The van der Waals surface area contributed by atoms with E-state index < -0.39 is 29.9 Å². The molecule has 2 aromatic carbocycles. The van der Waals surface area contributed by atoms with E-state index in [1.807, 2.05) is 0 Å². The highest BCUT2D eigenvalue weighted by atomic mass is 35.5. The van der Waals surface area contributed by atoms with Crippen LogP contribution < -0.4 is 10.6 Å². The molecule has 0 saturated carbocycles. The maximum absolute atomic E-state index is 12.9. The SMILES string of the molecule is C[C@@]1(c2ccccc2Cl)NC(=O)N(CC(=O)NCc2ccc(F)cc2)C1=O. The van der Waals surface area contributed by atoms with Crippen molar-refractivity contribution < 1.29 is 18.8 Å². The summed E-state index contributed by atoms with van der Waals surface area (Å²) < 4.78 is 12.9. The Labute approximate surface area is 160 Å². The summed E-state index contributed by atoms with van der Waals surface area (Å²) in [5, 5.41) is 5.55. The lowest BCUT2D eigenvalue weighted by atomic mass is 9.92. The van der Waals surface area contributed by atoms with Crippen LogP contribution in [0, 0.1) is 5.82 Å². The van der Waals surface area contributed by atoms with Gasteiger partial charge in [-0.3, -0.25) is 14.5 Å². The number of hydrogen-bond acceptors (Lipinski definition) is 3. The van der Waals surface area contributed by atoms with Gasteiger partial charge in [0.2, 0.25) is 5.91 Å². The van der Waals surface area contributed by atoms with Gasteiger partial charge >= 0.3 is 6.03 Å². The number of urea groups is 1. The molecule has 0 spiro atoms. The molecule has 4 amide bonds. The number of amides is 4. The Hall–Kier alpha value is -2.93. The molecule has 2 N–H and O–H groups in total. The largest absolute Gasteiger partial charge is 0.350 e. The summed E-state index contributed by atoms with van der Waals surface area (Å²) in [6.07, 6.45) is 0. The molecular formula is C19H17ClFN3O3. The predicted octanol–water partition coefficient (Wildman–Crippen LogP) is 2.56. The molecule has 0 bridgehead atoms. The van der Waals surface area contributed by atoms with E-state index in [0.29, 0.717) is 16.1 Å². The molecule has 0 unspecified atom stereocenters. The van der Waals surface area contributed by atoms with Crippen LogP contribution in [0.1, 0.15) is 18.1 Å². The molecule has 0 radical (unpaired) electrons. The van der Waals surface area contributed by atoms with Crippen molar-refractivity contribution in [2.45, 2.75) is 19.0 Å². The zero-order chi connectivity index (χ0) is 19.6. The molecule has 8 heteroatoms. The number of halogens is 2. The van der Waals surface area contributed by atoms with Crippen LogP contribution in [0.15, 0.2) is 48.5 Å². The van der Waals surface area contributed by atoms with Gasteiger partial charge in [-0.1, -0.05) is 41.9 Å². The van der Waals surface area contributed by atoms with E-state index in [-0.39, 0.29) is 12.4 Å². The lowest BCUT2D eigenvalue weighted by molar-refractivity contribution is -0.134. The molecule has 1 heterocycles. The van der Waals surface area contributed by atoms with Gasteiger partial charge in [0.1, 0.15) is 17.9 Å². The first kappa shape index (κ1) is 18.8. The standard InChI is InChI=1S/C19H17ClFN3O3/c1-19(14-4-2-3-5-15(14)20)17(26)24(18(27)23-19)11-16(25)22-10-12-6-8-13(21)9-7-12/h2-9H,10-11H2,1H3,(H,22,25)(H,23,27)/t19-/m0/s1. The van der Waals surface area contributed by atoms with Crippen LogP contribution in [-0.2, 0) is 21.7 Å². The Morgan fingerprint density at radius 1 is 1.19 bits per heavy atom. The lowest BCUT2D eigenvalue weighted by Crippen LogP contribution is -2.43. The van der Waals surface area contributed by atoms with Crippen LogP contribution in [-0.4, -0.2) is 29.3 Å². The van der Waals surface area contributed by atoms with Crippen LogP contribution in [0.3, 0.4) is 0 Å². The van der Waals surface area contributed by atoms with Crippen molar-refractivity contribution in [1.29, 1.82) is 0 Å². The number of imide groups is 1. The van der Waals surface area contributed by atoms with Gasteiger partial charge < -0.3 is 10.6 Å². The predicted molar refractivity (Wildman–Crippen MR) is 97.3 cm³/mol. The van der Waals surface area contributed by atoms with E-state index in [4.69, 9.17) is 11.6 Å². The third kappa shape index (κ3) is 3.78. The third-order valence-corrected chi connectivity index (χ3v) is 4.72. The maximum Gasteiger partial charge on any atom is 0.325 e. The van der Waals surface area contributed by atoms with Gasteiger partial charge in [0.05, 0.1) is 0 Å². The summed E-state index contributed by atoms with van der Waals surface area (Å²) in [5.74, 6) is -1.44. The second kappa shape index (κ2) is 7.36. The molecule has 140 valence electrons. The number of carbonyl (C=O) groups is 3. The first-order valence-corrected chi connectivity index (χ1v) is 8.59. The van der Waals surface area contributed by atoms with Gasteiger partial charge in [-0.05, 0) is 30.7 Å². The summed E-state index contributed by atoms with van der Waals surface area (Å²) in [6.45, 7) is 1.28. The van der Waals surface area contributed by atoms with Crippen molar-refractivity contribution in [2.24, 2.45) is 0 Å². The molecule has 0 aromatic heterocycles. The van der Waals surface area contributed by atoms with Gasteiger partial charge in [0, 0.05) is 17.1 Å². The van der Waals surface area contributed by atoms with Crippen molar-refractivity contribution in [1.82, 2.24) is 15.5 Å². The Bertz CT molecular complexity index is 903. The molecule has 1 aliphatic rings. The highest BCUT2D eigenvalue weighted by Crippen LogP contribution is 2.33. The second-order valence-electron chi connectivity index (χ2n) is 6.33. The summed E-state index contributed by atoms with van der Waals surface area (Å²) in [4.78, 5) is 38.1. The monoisotopic (exact) mass is 389 g/mol. The first-order valence-electron chi connectivity index (χ1n) is 8.21. The summed E-state index contributed by atoms with van der Waals surface area (Å²) in [7, 11) is 0. The van der Waals surface area contributed by atoms with Crippen LogP contribution in [0.4, 0.5) is 9.18 Å². The molecule has 1 saturated heterocycles. The minimum atomic E-state index is -1.34. The van der Waals surface area contributed by atoms with E-state index in [9.17, 15) is 18.8 Å². The molecule has 3 rings (SSSR count). The number of nitrogens with one attached hydrogen (secondary N) is 2. The molecule has 1 atom stereocenters. The third-order valence-electron chi connectivity index (χ3n) is 4.39. The zero-order valence-electron chi connectivity index (χ0n) is 14.5. The van der Waals surface area contributed by atoms with Crippen LogP contribution >= 0.6 is 11.6 Å². The van der Waals surface area contributed by atoms with Crippen LogP contribution in [0.5, 0.6) is 0 Å². The van der Waals surface area contributed by atoms with Gasteiger partial charge in [0.15, 0.2) is 0 Å². The van der Waals surface area contributed by atoms with Gasteiger partial charge in [0.25, 0.3) is 5.91 Å².